The molecule has 0 fully saturated rings. The number of nitrogens with zero attached hydrogens (tertiary/aromatic N) is 2. The average Bonchev–Trinajstić information content (AvgIpc) is 3.45. The summed E-state index contributed by atoms with van der Waals surface area (Å²) < 4.78 is 16.1. The first-order chi connectivity index (χ1) is 15.9. The molecule has 0 radical (unpaired) electrons. The minimum Gasteiger partial charge on any atom is -0.496 e. The van der Waals surface area contributed by atoms with Crippen LogP contribution in [0.2, 0.25) is 0 Å². The number of thiazole rings is 2. The fraction of sp³-hybridized carbons (Fsp3) is 0.208. The molecule has 0 unspecified atom stereocenters. The van der Waals surface area contributed by atoms with Gasteiger partial charge in [0.25, 0.3) is 5.91 Å². The number of benzene rings is 2. The second kappa shape index (κ2) is 9.60. The second-order valence-electron chi connectivity index (χ2n) is 7.20. The third-order valence-electron chi connectivity index (χ3n) is 4.99. The minimum absolute atomic E-state index is 0.242. The smallest absolute Gasteiger partial charge is 0.269 e. The molecular weight excluding hydrogens is 458 g/mol. The summed E-state index contributed by atoms with van der Waals surface area (Å²) in [5, 5.41) is 6.04. The van der Waals surface area contributed by atoms with Crippen LogP contribution < -0.4 is 19.5 Å². The van der Waals surface area contributed by atoms with Gasteiger partial charge in [0, 0.05) is 16.5 Å². The van der Waals surface area contributed by atoms with Gasteiger partial charge in [-0.3, -0.25) is 10.1 Å². The maximum Gasteiger partial charge on any atom is 0.269 e. The highest BCUT2D eigenvalue weighted by atomic mass is 32.1. The van der Waals surface area contributed by atoms with Gasteiger partial charge in [-0.2, -0.15) is 0 Å². The van der Waals surface area contributed by atoms with E-state index in [-0.39, 0.29) is 5.91 Å². The van der Waals surface area contributed by atoms with Crippen molar-refractivity contribution < 1.29 is 19.0 Å². The van der Waals surface area contributed by atoms with Gasteiger partial charge in [-0.05, 0) is 44.2 Å². The standard InChI is InChI=1S/C24H23N3O4S2/c1-13-6-8-18(29-3)16(10-13)17-12-32-24(26-17)27-22(28)21-14(2)25-23(33-21)15-7-9-19(30-4)20(11-15)31-5/h6-12H,1-5H3,(H,26,27,28). The lowest BCUT2D eigenvalue weighted by Crippen LogP contribution is -2.11. The van der Waals surface area contributed by atoms with Gasteiger partial charge < -0.3 is 14.2 Å². The van der Waals surface area contributed by atoms with E-state index in [9.17, 15) is 4.79 Å². The summed E-state index contributed by atoms with van der Waals surface area (Å²) in [6.45, 7) is 3.83. The first kappa shape index (κ1) is 22.8. The van der Waals surface area contributed by atoms with E-state index >= 15 is 0 Å². The third kappa shape index (κ3) is 4.69. The fourth-order valence-corrected chi connectivity index (χ4v) is 4.99. The lowest BCUT2D eigenvalue weighted by molar-refractivity contribution is 0.103. The highest BCUT2D eigenvalue weighted by Crippen LogP contribution is 2.36. The molecule has 0 aliphatic rings. The molecule has 33 heavy (non-hydrogen) atoms. The summed E-state index contributed by atoms with van der Waals surface area (Å²) in [6, 6.07) is 11.5. The minimum atomic E-state index is -0.242. The van der Waals surface area contributed by atoms with Crippen molar-refractivity contribution >= 4 is 33.7 Å². The zero-order valence-electron chi connectivity index (χ0n) is 18.9. The molecule has 2 aromatic carbocycles. The SMILES string of the molecule is COc1ccc(-c2nc(C)c(C(=O)Nc3nc(-c4cc(C)ccc4OC)cs3)s2)cc1OC. The Morgan fingerprint density at radius 2 is 1.64 bits per heavy atom. The van der Waals surface area contributed by atoms with Crippen LogP contribution >= 0.6 is 22.7 Å². The van der Waals surface area contributed by atoms with Crippen LogP contribution in [0, 0.1) is 13.8 Å². The lowest BCUT2D eigenvalue weighted by Gasteiger charge is -2.08. The number of rotatable bonds is 7. The van der Waals surface area contributed by atoms with E-state index in [0.717, 1.165) is 33.1 Å². The number of amides is 1. The van der Waals surface area contributed by atoms with Gasteiger partial charge in [-0.15, -0.1) is 22.7 Å². The van der Waals surface area contributed by atoms with Gasteiger partial charge in [0.05, 0.1) is 32.7 Å². The molecule has 1 N–H and O–H groups in total. The van der Waals surface area contributed by atoms with Crippen LogP contribution in [0.1, 0.15) is 20.9 Å². The van der Waals surface area contributed by atoms with E-state index in [1.807, 2.05) is 55.6 Å². The molecule has 4 rings (SSSR count). The summed E-state index contributed by atoms with van der Waals surface area (Å²) in [5.74, 6) is 1.74. The Kier molecular flexibility index (Phi) is 6.62. The van der Waals surface area contributed by atoms with Crippen molar-refractivity contribution in [2.75, 3.05) is 26.6 Å². The van der Waals surface area contributed by atoms with Crippen molar-refractivity contribution in [2.24, 2.45) is 0 Å². The quantitative estimate of drug-likeness (QED) is 0.358. The van der Waals surface area contributed by atoms with Crippen molar-refractivity contribution in [2.45, 2.75) is 13.8 Å². The molecule has 9 heteroatoms. The van der Waals surface area contributed by atoms with Crippen LogP contribution in [-0.2, 0) is 0 Å². The zero-order valence-corrected chi connectivity index (χ0v) is 20.5. The van der Waals surface area contributed by atoms with Crippen LogP contribution in [0.4, 0.5) is 5.13 Å². The molecular formula is C24H23N3O4S2. The first-order valence-corrected chi connectivity index (χ1v) is 11.7. The molecule has 4 aromatic rings. The van der Waals surface area contributed by atoms with E-state index in [2.05, 4.69) is 15.3 Å². The van der Waals surface area contributed by atoms with E-state index < -0.39 is 0 Å². The summed E-state index contributed by atoms with van der Waals surface area (Å²) in [6.07, 6.45) is 0. The van der Waals surface area contributed by atoms with Crippen molar-refractivity contribution in [1.82, 2.24) is 9.97 Å². The van der Waals surface area contributed by atoms with Crippen LogP contribution in [-0.4, -0.2) is 37.2 Å². The second-order valence-corrected chi connectivity index (χ2v) is 9.06. The molecule has 0 atom stereocenters. The van der Waals surface area contributed by atoms with Crippen molar-refractivity contribution in [3.63, 3.8) is 0 Å². The molecule has 0 bridgehead atoms. The summed E-state index contributed by atoms with van der Waals surface area (Å²) in [5.41, 5.74) is 4.25. The normalized spacial score (nSPS) is 10.7. The number of aromatic nitrogens is 2. The third-order valence-corrected chi connectivity index (χ3v) is 6.95. The Morgan fingerprint density at radius 3 is 2.36 bits per heavy atom. The maximum atomic E-state index is 13.0. The number of hydrogen-bond donors (Lipinski definition) is 1. The number of methoxy groups -OCH3 is 3. The van der Waals surface area contributed by atoms with E-state index in [0.29, 0.717) is 27.2 Å². The molecule has 170 valence electrons. The van der Waals surface area contributed by atoms with Crippen LogP contribution in [0.3, 0.4) is 0 Å². The topological polar surface area (TPSA) is 82.6 Å². The first-order valence-electron chi connectivity index (χ1n) is 10.0. The van der Waals surface area contributed by atoms with Crippen LogP contribution in [0.15, 0.2) is 41.8 Å². The Bertz CT molecular complexity index is 1310. The highest BCUT2D eigenvalue weighted by molar-refractivity contribution is 7.17. The molecule has 1 amide bonds. The number of carbonyl (C=O) groups is 1. The number of aryl methyl sites for hydroxylation is 2. The van der Waals surface area contributed by atoms with Gasteiger partial charge in [0.2, 0.25) is 0 Å². The van der Waals surface area contributed by atoms with Gasteiger partial charge in [0.15, 0.2) is 16.6 Å². The van der Waals surface area contributed by atoms with Gasteiger partial charge in [-0.25, -0.2) is 9.97 Å². The van der Waals surface area contributed by atoms with Crippen molar-refractivity contribution in [3.05, 3.63) is 57.9 Å². The molecule has 0 spiro atoms. The van der Waals surface area contributed by atoms with Gasteiger partial charge in [0.1, 0.15) is 15.6 Å². The van der Waals surface area contributed by atoms with E-state index in [1.165, 1.54) is 22.7 Å². The summed E-state index contributed by atoms with van der Waals surface area (Å²) in [4.78, 5) is 22.7. The number of nitrogens with one attached hydrogen (secondary N) is 1. The molecule has 7 nitrogen and oxygen atoms in total. The molecule has 0 saturated carbocycles. The number of anilines is 1. The van der Waals surface area contributed by atoms with Crippen molar-refractivity contribution in [1.29, 1.82) is 0 Å². The summed E-state index contributed by atoms with van der Waals surface area (Å²) in [7, 11) is 4.81. The van der Waals surface area contributed by atoms with Crippen molar-refractivity contribution in [3.8, 4) is 39.1 Å². The molecule has 2 aromatic heterocycles. The maximum absolute atomic E-state index is 13.0. The van der Waals surface area contributed by atoms with E-state index in [1.54, 1.807) is 21.3 Å². The number of ether oxygens (including phenoxy) is 3. The predicted octanol–water partition coefficient (Wildman–Crippen LogP) is 5.83. The van der Waals surface area contributed by atoms with E-state index in [4.69, 9.17) is 14.2 Å². The molecule has 0 aliphatic heterocycles. The Balaban J connectivity index is 1.56. The molecule has 0 aliphatic carbocycles. The fourth-order valence-electron chi connectivity index (χ4n) is 3.33. The summed E-state index contributed by atoms with van der Waals surface area (Å²) >= 11 is 2.69. The monoisotopic (exact) mass is 481 g/mol. The largest absolute Gasteiger partial charge is 0.496 e. The average molecular weight is 482 g/mol. The Labute approximate surface area is 200 Å². The number of hydrogen-bond acceptors (Lipinski definition) is 8. The predicted molar refractivity (Wildman–Crippen MR) is 132 cm³/mol. The van der Waals surface area contributed by atoms with Crippen LogP contribution in [0.5, 0.6) is 17.2 Å². The zero-order chi connectivity index (χ0) is 23.5. The lowest BCUT2D eigenvalue weighted by atomic mass is 10.1. The number of carbonyl (C=O) groups excluding carboxylic acids is 1. The molecule has 2 heterocycles. The Morgan fingerprint density at radius 1 is 0.909 bits per heavy atom. The van der Waals surface area contributed by atoms with Crippen LogP contribution in [0.25, 0.3) is 21.8 Å². The molecule has 0 saturated heterocycles. The highest BCUT2D eigenvalue weighted by Gasteiger charge is 2.19. The van der Waals surface area contributed by atoms with Gasteiger partial charge >= 0.3 is 0 Å². The van der Waals surface area contributed by atoms with Gasteiger partial charge in [-0.1, -0.05) is 11.6 Å². The Hall–Kier alpha value is -3.43.